The van der Waals surface area contributed by atoms with E-state index in [-0.39, 0.29) is 0 Å². The van der Waals surface area contributed by atoms with E-state index in [1.165, 1.54) is 0 Å². The highest BCUT2D eigenvalue weighted by molar-refractivity contribution is 6.16. The normalized spacial score (nSPS) is 11.5. The van der Waals surface area contributed by atoms with Crippen LogP contribution >= 0.6 is 0 Å². The summed E-state index contributed by atoms with van der Waals surface area (Å²) in [5, 5.41) is 13.7. The smallest absolute Gasteiger partial charge is 0.164 e. The number of fused-ring (bicyclic) bond motifs is 6. The van der Waals surface area contributed by atoms with E-state index in [0.29, 0.717) is 34.2 Å². The fraction of sp³-hybridized carbons (Fsp3) is 0. The zero-order valence-corrected chi connectivity index (χ0v) is 24.4. The summed E-state index contributed by atoms with van der Waals surface area (Å²) in [7, 11) is 0. The maximum atomic E-state index is 10.00. The van der Waals surface area contributed by atoms with Crippen LogP contribution in [0, 0.1) is 11.3 Å². The van der Waals surface area contributed by atoms with Crippen molar-refractivity contribution >= 4 is 43.7 Å². The summed E-state index contributed by atoms with van der Waals surface area (Å²) in [6.45, 7) is 0. The number of nitriles is 1. The Hall–Kier alpha value is -6.58. The second-order valence-electron chi connectivity index (χ2n) is 11.1. The van der Waals surface area contributed by atoms with Crippen LogP contribution in [-0.2, 0) is 0 Å². The SMILES string of the molecule is N#Cc1cccc2oc3cccc(-c4nc(-c5ccccc5)nc(-c5cccc6c5c5ccccc5n6-c5ccccc5)n4)c3c12. The van der Waals surface area contributed by atoms with Crippen molar-refractivity contribution in [2.75, 3.05) is 0 Å². The van der Waals surface area contributed by atoms with E-state index in [9.17, 15) is 5.26 Å². The Morgan fingerprint density at radius 3 is 1.85 bits per heavy atom. The third kappa shape index (κ3) is 3.93. The largest absolute Gasteiger partial charge is 0.456 e. The fourth-order valence-corrected chi connectivity index (χ4v) is 6.54. The van der Waals surface area contributed by atoms with Crippen LogP contribution in [0.3, 0.4) is 0 Å². The molecule has 6 heteroatoms. The molecule has 3 aromatic heterocycles. The lowest BCUT2D eigenvalue weighted by Crippen LogP contribution is -2.01. The molecule has 214 valence electrons. The van der Waals surface area contributed by atoms with Crippen molar-refractivity contribution in [2.24, 2.45) is 0 Å². The molecule has 0 spiro atoms. The molecule has 0 saturated heterocycles. The lowest BCUT2D eigenvalue weighted by molar-refractivity contribution is 0.669. The Balaban J connectivity index is 1.37. The van der Waals surface area contributed by atoms with Crippen molar-refractivity contribution < 1.29 is 4.42 Å². The Labute approximate surface area is 263 Å². The summed E-state index contributed by atoms with van der Waals surface area (Å²) < 4.78 is 8.50. The van der Waals surface area contributed by atoms with Gasteiger partial charge in [-0.2, -0.15) is 5.26 Å². The third-order valence-corrected chi connectivity index (χ3v) is 8.50. The molecule has 9 rings (SSSR count). The molecule has 0 radical (unpaired) electrons. The van der Waals surface area contributed by atoms with Crippen molar-refractivity contribution in [1.82, 2.24) is 19.5 Å². The first-order valence-corrected chi connectivity index (χ1v) is 15.0. The number of furan rings is 1. The topological polar surface area (TPSA) is 80.5 Å². The van der Waals surface area contributed by atoms with Gasteiger partial charge in [0.25, 0.3) is 0 Å². The van der Waals surface area contributed by atoms with E-state index < -0.39 is 0 Å². The number of benzene rings is 6. The number of aromatic nitrogens is 4. The van der Waals surface area contributed by atoms with Crippen LogP contribution in [0.1, 0.15) is 5.56 Å². The summed E-state index contributed by atoms with van der Waals surface area (Å²) >= 11 is 0. The van der Waals surface area contributed by atoms with Crippen molar-refractivity contribution in [1.29, 1.82) is 5.26 Å². The summed E-state index contributed by atoms with van der Waals surface area (Å²) in [6.07, 6.45) is 0. The zero-order chi connectivity index (χ0) is 30.6. The van der Waals surface area contributed by atoms with Gasteiger partial charge in [-0.3, -0.25) is 0 Å². The van der Waals surface area contributed by atoms with Crippen LogP contribution in [0.25, 0.3) is 83.6 Å². The Morgan fingerprint density at radius 1 is 0.500 bits per heavy atom. The van der Waals surface area contributed by atoms with E-state index >= 15 is 0 Å². The van der Waals surface area contributed by atoms with Gasteiger partial charge in [0.05, 0.1) is 22.7 Å². The first-order valence-electron chi connectivity index (χ1n) is 15.0. The molecule has 0 N–H and O–H groups in total. The van der Waals surface area contributed by atoms with E-state index in [2.05, 4.69) is 77.4 Å². The molecule has 0 saturated carbocycles. The summed E-state index contributed by atoms with van der Waals surface area (Å²) in [5.74, 6) is 1.64. The van der Waals surface area contributed by atoms with Crippen LogP contribution in [-0.4, -0.2) is 19.5 Å². The second-order valence-corrected chi connectivity index (χ2v) is 11.1. The van der Waals surface area contributed by atoms with Gasteiger partial charge < -0.3 is 8.98 Å². The highest BCUT2D eigenvalue weighted by Gasteiger charge is 2.22. The van der Waals surface area contributed by atoms with Gasteiger partial charge in [-0.1, -0.05) is 97.1 Å². The Kier molecular flexibility index (Phi) is 5.77. The molecule has 0 amide bonds. The Bertz CT molecular complexity index is 2650. The van der Waals surface area contributed by atoms with Gasteiger partial charge in [0.1, 0.15) is 11.2 Å². The van der Waals surface area contributed by atoms with Gasteiger partial charge in [-0.05, 0) is 42.5 Å². The number of hydrogen-bond donors (Lipinski definition) is 0. The molecule has 0 atom stereocenters. The van der Waals surface area contributed by atoms with Crippen LogP contribution in [0.2, 0.25) is 0 Å². The maximum absolute atomic E-state index is 10.00. The molecule has 0 bridgehead atoms. The predicted octanol–water partition coefficient (Wildman–Crippen LogP) is 9.74. The average molecular weight is 590 g/mol. The zero-order valence-electron chi connectivity index (χ0n) is 24.4. The van der Waals surface area contributed by atoms with Gasteiger partial charge in [-0.25, -0.2) is 15.0 Å². The van der Waals surface area contributed by atoms with Crippen LogP contribution in [0.4, 0.5) is 0 Å². The third-order valence-electron chi connectivity index (χ3n) is 8.50. The van der Waals surface area contributed by atoms with E-state index in [1.807, 2.05) is 72.8 Å². The molecule has 6 nitrogen and oxygen atoms in total. The fourth-order valence-electron chi connectivity index (χ4n) is 6.54. The summed E-state index contributed by atoms with van der Waals surface area (Å²) in [5.41, 5.74) is 7.68. The predicted molar refractivity (Wildman–Crippen MR) is 182 cm³/mol. The van der Waals surface area contributed by atoms with Gasteiger partial charge in [0.15, 0.2) is 17.5 Å². The van der Waals surface area contributed by atoms with Crippen LogP contribution in [0.15, 0.2) is 144 Å². The van der Waals surface area contributed by atoms with Gasteiger partial charge in [0.2, 0.25) is 0 Å². The minimum Gasteiger partial charge on any atom is -0.456 e. The molecule has 3 heterocycles. The molecule has 46 heavy (non-hydrogen) atoms. The maximum Gasteiger partial charge on any atom is 0.164 e. The van der Waals surface area contributed by atoms with E-state index in [1.54, 1.807) is 0 Å². The highest BCUT2D eigenvalue weighted by atomic mass is 16.3. The van der Waals surface area contributed by atoms with Gasteiger partial charge in [-0.15, -0.1) is 0 Å². The molecular weight excluding hydrogens is 566 g/mol. The van der Waals surface area contributed by atoms with Crippen LogP contribution in [0.5, 0.6) is 0 Å². The molecular formula is C40H23N5O. The highest BCUT2D eigenvalue weighted by Crippen LogP contribution is 2.40. The summed E-state index contributed by atoms with van der Waals surface area (Å²) in [4.78, 5) is 15.3. The first kappa shape index (κ1) is 25.9. The molecule has 0 aliphatic heterocycles. The van der Waals surface area contributed by atoms with Crippen molar-refractivity contribution in [3.05, 3.63) is 145 Å². The lowest BCUT2D eigenvalue weighted by atomic mass is 10.0. The number of nitrogens with zero attached hydrogens (tertiary/aromatic N) is 5. The lowest BCUT2D eigenvalue weighted by Gasteiger charge is -2.11. The molecule has 9 aromatic rings. The molecule has 0 fully saturated rings. The monoisotopic (exact) mass is 589 g/mol. The van der Waals surface area contributed by atoms with Gasteiger partial charge >= 0.3 is 0 Å². The number of rotatable bonds is 4. The quantitative estimate of drug-likeness (QED) is 0.204. The number of para-hydroxylation sites is 2. The second kappa shape index (κ2) is 10.3. The van der Waals surface area contributed by atoms with Crippen LogP contribution < -0.4 is 0 Å². The minimum absolute atomic E-state index is 0.508. The van der Waals surface area contributed by atoms with Crippen molar-refractivity contribution in [3.8, 4) is 45.9 Å². The Morgan fingerprint density at radius 2 is 1.09 bits per heavy atom. The number of hydrogen-bond acceptors (Lipinski definition) is 5. The molecule has 6 aromatic carbocycles. The average Bonchev–Trinajstić information content (AvgIpc) is 3.68. The summed E-state index contributed by atoms with van der Waals surface area (Å²) in [6, 6.07) is 48.8. The van der Waals surface area contributed by atoms with Crippen molar-refractivity contribution in [3.63, 3.8) is 0 Å². The molecule has 0 aliphatic rings. The van der Waals surface area contributed by atoms with Gasteiger partial charge in [0, 0.05) is 43.9 Å². The standard InChI is InChI=1S/C40H23N5O/c41-24-26-14-9-22-33-35(26)37-30(19-11-23-34(37)46-33)40-43-38(25-12-3-1-4-13-25)42-39(44-40)29-18-10-21-32-36(29)28-17-7-8-20-31(28)45(32)27-15-5-2-6-16-27/h1-23H. The van der Waals surface area contributed by atoms with E-state index in [4.69, 9.17) is 19.4 Å². The van der Waals surface area contributed by atoms with Crippen molar-refractivity contribution in [2.45, 2.75) is 0 Å². The van der Waals surface area contributed by atoms with E-state index in [0.717, 1.165) is 55.0 Å². The first-order chi connectivity index (χ1) is 22.8. The minimum atomic E-state index is 0.508. The molecule has 0 aliphatic carbocycles. The molecule has 0 unspecified atom stereocenters.